The van der Waals surface area contributed by atoms with Crippen LogP contribution in [0.15, 0.2) is 91.4 Å². The molecule has 3 aromatic heterocycles. The maximum atomic E-state index is 13.0. The Labute approximate surface area is 203 Å². The van der Waals surface area contributed by atoms with Crippen LogP contribution in [0.2, 0.25) is 0 Å². The van der Waals surface area contributed by atoms with E-state index in [1.807, 2.05) is 102 Å². The fraction of sp³-hybridized carbons (Fsp3) is 0.154. The lowest BCUT2D eigenvalue weighted by atomic mass is 10.0. The number of hydrogen-bond acceptors (Lipinski definition) is 4. The standard InChI is InChI=1S/C26H24N6OS/c1-18-12-13-22(28-16-18)31-15-7-11-21(31)25-24(20-10-5-6-14-27-20)30-26(34)32(25)17-23(33)29-19-8-3-2-4-9-19/h2-16,24-25H,17H2,1H3,(H,29,33)(H,30,34)/t24-,25+/m0/s1. The van der Waals surface area contributed by atoms with Crippen molar-refractivity contribution >= 4 is 28.9 Å². The monoisotopic (exact) mass is 468 g/mol. The normalized spacial score (nSPS) is 17.4. The van der Waals surface area contributed by atoms with E-state index in [0.717, 1.165) is 28.5 Å². The van der Waals surface area contributed by atoms with Crippen molar-refractivity contribution in [1.82, 2.24) is 24.8 Å². The number of hydrogen-bond donors (Lipinski definition) is 2. The quantitative estimate of drug-likeness (QED) is 0.414. The first-order chi connectivity index (χ1) is 16.6. The zero-order chi connectivity index (χ0) is 23.5. The molecule has 7 nitrogen and oxygen atoms in total. The maximum Gasteiger partial charge on any atom is 0.244 e. The van der Waals surface area contributed by atoms with Crippen molar-refractivity contribution < 1.29 is 4.79 Å². The van der Waals surface area contributed by atoms with Crippen molar-refractivity contribution in [3.63, 3.8) is 0 Å². The van der Waals surface area contributed by atoms with E-state index in [1.54, 1.807) is 6.20 Å². The van der Waals surface area contributed by atoms with E-state index >= 15 is 0 Å². The predicted octanol–water partition coefficient (Wildman–Crippen LogP) is 4.19. The molecule has 4 aromatic rings. The molecular weight excluding hydrogens is 444 g/mol. The van der Waals surface area contributed by atoms with Gasteiger partial charge in [-0.1, -0.05) is 30.3 Å². The first kappa shape index (κ1) is 21.8. The van der Waals surface area contributed by atoms with Crippen molar-refractivity contribution in [1.29, 1.82) is 0 Å². The number of amides is 1. The number of aryl methyl sites for hydroxylation is 1. The largest absolute Gasteiger partial charge is 0.352 e. The van der Waals surface area contributed by atoms with Crippen LogP contribution < -0.4 is 10.6 Å². The Morgan fingerprint density at radius 2 is 1.85 bits per heavy atom. The summed E-state index contributed by atoms with van der Waals surface area (Å²) in [6, 6.07) is 22.8. The third kappa shape index (κ3) is 4.40. The van der Waals surface area contributed by atoms with Crippen molar-refractivity contribution in [2.24, 2.45) is 0 Å². The van der Waals surface area contributed by atoms with Crippen LogP contribution in [0.4, 0.5) is 5.69 Å². The Morgan fingerprint density at radius 1 is 1.03 bits per heavy atom. The summed E-state index contributed by atoms with van der Waals surface area (Å²) in [6.45, 7) is 2.11. The Kier molecular flexibility index (Phi) is 6.05. The van der Waals surface area contributed by atoms with Crippen molar-refractivity contribution in [3.8, 4) is 5.82 Å². The van der Waals surface area contributed by atoms with Crippen LogP contribution in [0.5, 0.6) is 0 Å². The molecule has 8 heteroatoms. The van der Waals surface area contributed by atoms with Crippen molar-refractivity contribution in [2.45, 2.75) is 19.0 Å². The Balaban J connectivity index is 1.51. The molecule has 1 aliphatic rings. The highest BCUT2D eigenvalue weighted by Crippen LogP contribution is 2.39. The number of benzene rings is 1. The van der Waals surface area contributed by atoms with Crippen LogP contribution in [-0.2, 0) is 4.79 Å². The summed E-state index contributed by atoms with van der Waals surface area (Å²) in [6.07, 6.45) is 5.59. The number of nitrogens with zero attached hydrogens (tertiary/aromatic N) is 4. The van der Waals surface area contributed by atoms with Crippen molar-refractivity contribution in [2.75, 3.05) is 11.9 Å². The lowest BCUT2D eigenvalue weighted by molar-refractivity contribution is -0.116. The highest BCUT2D eigenvalue weighted by Gasteiger charge is 2.42. The zero-order valence-corrected chi connectivity index (χ0v) is 19.4. The van der Waals surface area contributed by atoms with Gasteiger partial charge in [0, 0.05) is 30.0 Å². The van der Waals surface area contributed by atoms with E-state index in [0.29, 0.717) is 5.11 Å². The number of carbonyl (C=O) groups is 1. The number of carbonyl (C=O) groups excluding carboxylic acids is 1. The number of para-hydroxylation sites is 1. The third-order valence-corrected chi connectivity index (χ3v) is 6.15. The van der Waals surface area contributed by atoms with Gasteiger partial charge in [-0.05, 0) is 67.2 Å². The molecule has 0 saturated carbocycles. The van der Waals surface area contributed by atoms with Crippen LogP contribution in [0.3, 0.4) is 0 Å². The molecule has 2 atom stereocenters. The van der Waals surface area contributed by atoms with E-state index in [9.17, 15) is 4.79 Å². The van der Waals surface area contributed by atoms with Gasteiger partial charge in [-0.25, -0.2) is 4.98 Å². The second-order valence-corrected chi connectivity index (χ2v) is 8.55. The molecule has 1 saturated heterocycles. The van der Waals surface area contributed by atoms with E-state index in [4.69, 9.17) is 12.2 Å². The summed E-state index contributed by atoms with van der Waals surface area (Å²) in [5.74, 6) is 0.658. The molecule has 34 heavy (non-hydrogen) atoms. The first-order valence-corrected chi connectivity index (χ1v) is 11.4. The zero-order valence-electron chi connectivity index (χ0n) is 18.6. The minimum absolute atomic E-state index is 0.0984. The molecule has 1 fully saturated rings. The highest BCUT2D eigenvalue weighted by molar-refractivity contribution is 7.80. The molecule has 0 aliphatic carbocycles. The van der Waals surface area contributed by atoms with Crippen LogP contribution >= 0.6 is 12.2 Å². The van der Waals surface area contributed by atoms with Crippen LogP contribution in [0.1, 0.15) is 29.0 Å². The fourth-order valence-corrected chi connectivity index (χ4v) is 4.53. The summed E-state index contributed by atoms with van der Waals surface area (Å²) < 4.78 is 2.04. The van der Waals surface area contributed by atoms with Gasteiger partial charge in [0.1, 0.15) is 12.4 Å². The summed E-state index contributed by atoms with van der Waals surface area (Å²) in [7, 11) is 0. The van der Waals surface area contributed by atoms with Crippen LogP contribution in [0, 0.1) is 6.92 Å². The Hall–Kier alpha value is -4.04. The smallest absolute Gasteiger partial charge is 0.244 e. The number of rotatable bonds is 6. The molecule has 0 radical (unpaired) electrons. The molecule has 0 unspecified atom stereocenters. The lowest BCUT2D eigenvalue weighted by Gasteiger charge is -2.28. The summed E-state index contributed by atoms with van der Waals surface area (Å²) in [4.78, 5) is 24.1. The molecule has 5 rings (SSSR count). The minimum Gasteiger partial charge on any atom is -0.352 e. The van der Waals surface area contributed by atoms with Gasteiger partial charge in [0.2, 0.25) is 5.91 Å². The number of nitrogens with one attached hydrogen (secondary N) is 2. The van der Waals surface area contributed by atoms with Crippen LogP contribution in [-0.4, -0.2) is 37.0 Å². The first-order valence-electron chi connectivity index (χ1n) is 11.0. The molecule has 2 N–H and O–H groups in total. The van der Waals surface area contributed by atoms with E-state index in [2.05, 4.69) is 20.6 Å². The van der Waals surface area contributed by atoms with Gasteiger partial charge in [-0.15, -0.1) is 0 Å². The summed E-state index contributed by atoms with van der Waals surface area (Å²) >= 11 is 5.71. The molecule has 170 valence electrons. The van der Waals surface area contributed by atoms with Gasteiger partial charge in [0.05, 0.1) is 17.8 Å². The topological polar surface area (TPSA) is 75.1 Å². The summed E-state index contributed by atoms with van der Waals surface area (Å²) in [5, 5.41) is 6.86. The van der Waals surface area contributed by atoms with Gasteiger partial charge in [0.15, 0.2) is 5.11 Å². The third-order valence-electron chi connectivity index (χ3n) is 5.80. The van der Waals surface area contributed by atoms with Gasteiger partial charge < -0.3 is 20.1 Å². The number of anilines is 1. The lowest BCUT2D eigenvalue weighted by Crippen LogP contribution is -2.37. The average molecular weight is 469 g/mol. The van der Waals surface area contributed by atoms with Crippen molar-refractivity contribution in [3.05, 3.63) is 108 Å². The Bertz CT molecular complexity index is 1290. The minimum atomic E-state index is -0.262. The molecule has 1 aliphatic heterocycles. The molecule has 0 bridgehead atoms. The molecule has 4 heterocycles. The Morgan fingerprint density at radius 3 is 2.59 bits per heavy atom. The van der Waals surface area contributed by atoms with Gasteiger partial charge >= 0.3 is 0 Å². The number of thiocarbonyl (C=S) groups is 1. The van der Waals surface area contributed by atoms with E-state index in [-0.39, 0.29) is 24.5 Å². The second-order valence-electron chi connectivity index (χ2n) is 8.17. The molecule has 0 spiro atoms. The maximum absolute atomic E-state index is 13.0. The molecule has 1 amide bonds. The van der Waals surface area contributed by atoms with Gasteiger partial charge in [-0.3, -0.25) is 9.78 Å². The average Bonchev–Trinajstić information content (AvgIpc) is 3.45. The fourth-order valence-electron chi connectivity index (χ4n) is 4.22. The van der Waals surface area contributed by atoms with E-state index < -0.39 is 0 Å². The predicted molar refractivity (Wildman–Crippen MR) is 136 cm³/mol. The van der Waals surface area contributed by atoms with Gasteiger partial charge in [0.25, 0.3) is 0 Å². The SMILES string of the molecule is Cc1ccc(-n2cccc2[C@@H]2[C@H](c3ccccn3)NC(=S)N2CC(=O)Nc2ccccc2)nc1. The van der Waals surface area contributed by atoms with Crippen LogP contribution in [0.25, 0.3) is 5.82 Å². The summed E-state index contributed by atoms with van der Waals surface area (Å²) in [5.41, 5.74) is 3.65. The van der Waals surface area contributed by atoms with Gasteiger partial charge in [-0.2, -0.15) is 0 Å². The molecule has 1 aromatic carbocycles. The second kappa shape index (κ2) is 9.44. The molecular formula is C26H24N6OS. The highest BCUT2D eigenvalue weighted by atomic mass is 32.1. The van der Waals surface area contributed by atoms with E-state index in [1.165, 1.54) is 0 Å². The number of aromatic nitrogens is 3. The number of pyridine rings is 2.